The molecule has 7 heteroatoms. The standard InChI is InChI=1S/C23H21BrFNO4/c1-28-17-10-6-14(7-11-17)22(26-23(27)15-4-8-16(25)9-5-15)18-12-20(29-2)21(30-3)13-19(18)24/h4-13,22H,1-3H3,(H,26,27). The summed E-state index contributed by atoms with van der Waals surface area (Å²) in [6, 6.07) is 15.9. The molecule has 0 bridgehead atoms. The summed E-state index contributed by atoms with van der Waals surface area (Å²) < 4.78 is 30.0. The second-order valence-corrected chi connectivity index (χ2v) is 7.27. The van der Waals surface area contributed by atoms with Crippen LogP contribution in [0.3, 0.4) is 0 Å². The maximum Gasteiger partial charge on any atom is 0.252 e. The number of carbonyl (C=O) groups is 1. The van der Waals surface area contributed by atoms with Gasteiger partial charge in [-0.25, -0.2) is 4.39 Å². The van der Waals surface area contributed by atoms with E-state index in [1.807, 2.05) is 30.3 Å². The van der Waals surface area contributed by atoms with Gasteiger partial charge in [0.25, 0.3) is 5.91 Å². The van der Waals surface area contributed by atoms with E-state index in [0.29, 0.717) is 22.8 Å². The summed E-state index contributed by atoms with van der Waals surface area (Å²) >= 11 is 3.57. The van der Waals surface area contributed by atoms with E-state index in [4.69, 9.17) is 14.2 Å². The first kappa shape index (κ1) is 21.6. The van der Waals surface area contributed by atoms with Gasteiger partial charge in [0.1, 0.15) is 11.6 Å². The highest BCUT2D eigenvalue weighted by Crippen LogP contribution is 2.38. The third-order valence-corrected chi connectivity index (χ3v) is 5.33. The molecule has 1 amide bonds. The monoisotopic (exact) mass is 473 g/mol. The van der Waals surface area contributed by atoms with Crippen LogP contribution < -0.4 is 19.5 Å². The van der Waals surface area contributed by atoms with E-state index in [9.17, 15) is 9.18 Å². The van der Waals surface area contributed by atoms with Crippen LogP contribution in [-0.4, -0.2) is 27.2 Å². The van der Waals surface area contributed by atoms with Gasteiger partial charge in [0.15, 0.2) is 11.5 Å². The molecular weight excluding hydrogens is 453 g/mol. The molecule has 1 unspecified atom stereocenters. The zero-order chi connectivity index (χ0) is 21.7. The second kappa shape index (κ2) is 9.63. The third kappa shape index (κ3) is 4.74. The molecule has 0 aliphatic rings. The molecule has 0 heterocycles. The first-order valence-electron chi connectivity index (χ1n) is 9.08. The Morgan fingerprint density at radius 1 is 0.900 bits per heavy atom. The predicted octanol–water partition coefficient (Wildman–Crippen LogP) is 5.13. The van der Waals surface area contributed by atoms with Gasteiger partial charge in [-0.1, -0.05) is 28.1 Å². The van der Waals surface area contributed by atoms with Crippen molar-refractivity contribution in [3.8, 4) is 17.2 Å². The van der Waals surface area contributed by atoms with E-state index in [1.54, 1.807) is 27.4 Å². The smallest absolute Gasteiger partial charge is 0.252 e. The Morgan fingerprint density at radius 2 is 1.50 bits per heavy atom. The second-order valence-electron chi connectivity index (χ2n) is 6.42. The summed E-state index contributed by atoms with van der Waals surface area (Å²) in [6.45, 7) is 0. The summed E-state index contributed by atoms with van der Waals surface area (Å²) in [5.41, 5.74) is 1.96. The van der Waals surface area contributed by atoms with Crippen LogP contribution >= 0.6 is 15.9 Å². The first-order valence-corrected chi connectivity index (χ1v) is 9.88. The van der Waals surface area contributed by atoms with Gasteiger partial charge in [0, 0.05) is 10.0 Å². The summed E-state index contributed by atoms with van der Waals surface area (Å²) in [7, 11) is 4.70. The minimum atomic E-state index is -0.511. The van der Waals surface area contributed by atoms with Gasteiger partial charge in [0.05, 0.1) is 27.4 Å². The van der Waals surface area contributed by atoms with Crippen LogP contribution in [0.15, 0.2) is 65.1 Å². The van der Waals surface area contributed by atoms with Crippen molar-refractivity contribution in [3.63, 3.8) is 0 Å². The third-order valence-electron chi connectivity index (χ3n) is 4.64. The molecule has 0 aliphatic carbocycles. The van der Waals surface area contributed by atoms with Crippen molar-refractivity contribution < 1.29 is 23.4 Å². The number of hydrogen-bond acceptors (Lipinski definition) is 4. The Morgan fingerprint density at radius 3 is 2.07 bits per heavy atom. The summed E-state index contributed by atoms with van der Waals surface area (Å²) in [5.74, 6) is 1.06. The highest BCUT2D eigenvalue weighted by Gasteiger charge is 2.23. The van der Waals surface area contributed by atoms with Gasteiger partial charge in [-0.2, -0.15) is 0 Å². The molecule has 1 N–H and O–H groups in total. The molecular formula is C23H21BrFNO4. The van der Waals surface area contributed by atoms with Crippen molar-refractivity contribution in [2.45, 2.75) is 6.04 Å². The molecule has 0 saturated heterocycles. The van der Waals surface area contributed by atoms with E-state index in [0.717, 1.165) is 15.6 Å². The fraction of sp³-hybridized carbons (Fsp3) is 0.174. The van der Waals surface area contributed by atoms with Gasteiger partial charge < -0.3 is 19.5 Å². The van der Waals surface area contributed by atoms with Gasteiger partial charge in [0.2, 0.25) is 0 Å². The number of amides is 1. The van der Waals surface area contributed by atoms with Crippen LogP contribution in [0.25, 0.3) is 0 Å². The van der Waals surface area contributed by atoms with Crippen LogP contribution in [-0.2, 0) is 0 Å². The molecule has 0 radical (unpaired) electrons. The van der Waals surface area contributed by atoms with Crippen molar-refractivity contribution in [2.24, 2.45) is 0 Å². The van der Waals surface area contributed by atoms with Crippen LogP contribution in [0.1, 0.15) is 27.5 Å². The molecule has 0 aliphatic heterocycles. The molecule has 0 saturated carbocycles. The van der Waals surface area contributed by atoms with Crippen molar-refractivity contribution in [2.75, 3.05) is 21.3 Å². The largest absolute Gasteiger partial charge is 0.497 e. The van der Waals surface area contributed by atoms with Crippen molar-refractivity contribution in [3.05, 3.63) is 87.6 Å². The number of nitrogens with one attached hydrogen (secondary N) is 1. The molecule has 3 aromatic rings. The molecule has 30 heavy (non-hydrogen) atoms. The fourth-order valence-electron chi connectivity index (χ4n) is 3.04. The van der Waals surface area contributed by atoms with E-state index in [-0.39, 0.29) is 5.91 Å². The maximum absolute atomic E-state index is 13.2. The van der Waals surface area contributed by atoms with Crippen LogP contribution in [0.4, 0.5) is 4.39 Å². The quantitative estimate of drug-likeness (QED) is 0.516. The lowest BCUT2D eigenvalue weighted by Gasteiger charge is -2.23. The average Bonchev–Trinajstić information content (AvgIpc) is 2.78. The number of halogens is 2. The summed E-state index contributed by atoms with van der Waals surface area (Å²) in [6.07, 6.45) is 0. The molecule has 0 fully saturated rings. The normalized spacial score (nSPS) is 11.5. The van der Waals surface area contributed by atoms with Crippen LogP contribution in [0.5, 0.6) is 17.2 Å². The Kier molecular flexibility index (Phi) is 6.95. The van der Waals surface area contributed by atoms with Crippen LogP contribution in [0.2, 0.25) is 0 Å². The minimum Gasteiger partial charge on any atom is -0.497 e. The fourth-order valence-corrected chi connectivity index (χ4v) is 3.60. The Balaban J connectivity index is 2.05. The Bertz CT molecular complexity index is 1020. The zero-order valence-electron chi connectivity index (χ0n) is 16.7. The molecule has 3 aromatic carbocycles. The lowest BCUT2D eigenvalue weighted by Crippen LogP contribution is -2.29. The van der Waals surface area contributed by atoms with E-state index >= 15 is 0 Å². The van der Waals surface area contributed by atoms with Crippen molar-refractivity contribution in [1.82, 2.24) is 5.32 Å². The van der Waals surface area contributed by atoms with Gasteiger partial charge >= 0.3 is 0 Å². The number of ether oxygens (including phenoxy) is 3. The zero-order valence-corrected chi connectivity index (χ0v) is 18.3. The molecule has 3 rings (SSSR count). The maximum atomic E-state index is 13.2. The number of hydrogen-bond donors (Lipinski definition) is 1. The number of carbonyl (C=O) groups excluding carboxylic acids is 1. The first-order chi connectivity index (χ1) is 14.5. The average molecular weight is 474 g/mol. The van der Waals surface area contributed by atoms with Crippen LogP contribution in [0, 0.1) is 5.82 Å². The lowest BCUT2D eigenvalue weighted by atomic mass is 9.97. The molecule has 1 atom stereocenters. The summed E-state index contributed by atoms with van der Waals surface area (Å²) in [4.78, 5) is 12.9. The predicted molar refractivity (Wildman–Crippen MR) is 116 cm³/mol. The molecule has 0 aromatic heterocycles. The highest BCUT2D eigenvalue weighted by atomic mass is 79.9. The van der Waals surface area contributed by atoms with Gasteiger partial charge in [-0.05, 0) is 59.7 Å². The molecule has 156 valence electrons. The molecule has 5 nitrogen and oxygen atoms in total. The lowest BCUT2D eigenvalue weighted by molar-refractivity contribution is 0.0942. The molecule has 0 spiro atoms. The topological polar surface area (TPSA) is 56.8 Å². The number of benzene rings is 3. The number of methoxy groups -OCH3 is 3. The van der Waals surface area contributed by atoms with Crippen molar-refractivity contribution >= 4 is 21.8 Å². The Hall–Kier alpha value is -3.06. The number of rotatable bonds is 7. The van der Waals surface area contributed by atoms with E-state index in [1.165, 1.54) is 24.3 Å². The SMILES string of the molecule is COc1ccc(C(NC(=O)c2ccc(F)cc2)c2cc(OC)c(OC)cc2Br)cc1. The Labute approximate surface area is 182 Å². The van der Waals surface area contributed by atoms with Crippen molar-refractivity contribution in [1.29, 1.82) is 0 Å². The van der Waals surface area contributed by atoms with E-state index in [2.05, 4.69) is 21.2 Å². The highest BCUT2D eigenvalue weighted by molar-refractivity contribution is 9.10. The summed E-state index contributed by atoms with van der Waals surface area (Å²) in [5, 5.41) is 3.02. The minimum absolute atomic E-state index is 0.336. The van der Waals surface area contributed by atoms with E-state index < -0.39 is 11.9 Å². The van der Waals surface area contributed by atoms with Gasteiger partial charge in [-0.3, -0.25) is 4.79 Å². The van der Waals surface area contributed by atoms with Gasteiger partial charge in [-0.15, -0.1) is 0 Å².